The number of halogens is 1. The number of hydrogen-bond acceptors (Lipinski definition) is 6. The average molecular weight is 326 g/mol. The first-order chi connectivity index (χ1) is 8.86. The van der Waals surface area contributed by atoms with Crippen molar-refractivity contribution in [1.82, 2.24) is 9.62 Å². The van der Waals surface area contributed by atoms with E-state index < -0.39 is 14.9 Å². The third-order valence-corrected chi connectivity index (χ3v) is 6.65. The van der Waals surface area contributed by atoms with E-state index >= 15 is 0 Å². The predicted octanol–water partition coefficient (Wildman–Crippen LogP) is 1.29. The molecule has 1 aromatic rings. The van der Waals surface area contributed by atoms with Crippen molar-refractivity contribution < 1.29 is 13.3 Å². The smallest absolute Gasteiger partial charge is 0.300 e. The molecule has 0 saturated carbocycles. The summed E-state index contributed by atoms with van der Waals surface area (Å²) in [6.07, 6.45) is 0.719. The van der Waals surface area contributed by atoms with Gasteiger partial charge >= 0.3 is 0 Å². The first kappa shape index (κ1) is 14.7. The zero-order valence-electron chi connectivity index (χ0n) is 10.00. The Labute approximate surface area is 119 Å². The molecule has 1 unspecified atom stereocenters. The van der Waals surface area contributed by atoms with E-state index in [9.17, 15) is 18.5 Å². The van der Waals surface area contributed by atoms with Crippen molar-refractivity contribution in [1.29, 1.82) is 0 Å². The highest BCUT2D eigenvalue weighted by molar-refractivity contribution is 7.91. The maximum absolute atomic E-state index is 12.3. The fourth-order valence-electron chi connectivity index (χ4n) is 1.90. The van der Waals surface area contributed by atoms with Crippen LogP contribution in [0.2, 0.25) is 4.34 Å². The molecule has 1 atom stereocenters. The second-order valence-electron chi connectivity index (χ2n) is 4.12. The summed E-state index contributed by atoms with van der Waals surface area (Å²) in [5, 5.41) is 13.7. The standard InChI is InChI=1S/C9H12ClN3O4S2/c1-11-6-2-3-12(5-6)19(16,17)8-4-7(13(14)15)9(10)18-8/h4,6,11H,2-3,5H2,1H3. The van der Waals surface area contributed by atoms with E-state index in [0.717, 1.165) is 23.8 Å². The topological polar surface area (TPSA) is 92.6 Å². The summed E-state index contributed by atoms with van der Waals surface area (Å²) in [5.41, 5.74) is -0.366. The maximum Gasteiger partial charge on any atom is 0.300 e. The van der Waals surface area contributed by atoms with Crippen molar-refractivity contribution >= 4 is 38.6 Å². The van der Waals surface area contributed by atoms with Gasteiger partial charge < -0.3 is 5.32 Å². The highest BCUT2D eigenvalue weighted by Gasteiger charge is 2.35. The van der Waals surface area contributed by atoms with Gasteiger partial charge in [0.1, 0.15) is 4.21 Å². The molecule has 0 bridgehead atoms. The second kappa shape index (κ2) is 5.33. The molecule has 0 aromatic carbocycles. The van der Waals surface area contributed by atoms with E-state index in [4.69, 9.17) is 11.6 Å². The Hall–Kier alpha value is -0.740. The summed E-state index contributed by atoms with van der Waals surface area (Å²) >= 11 is 6.41. The molecular formula is C9H12ClN3O4S2. The van der Waals surface area contributed by atoms with Crippen molar-refractivity contribution in [2.45, 2.75) is 16.7 Å². The molecule has 1 N–H and O–H groups in total. The van der Waals surface area contributed by atoms with Crippen LogP contribution in [0, 0.1) is 10.1 Å². The van der Waals surface area contributed by atoms with Gasteiger partial charge in [0.15, 0.2) is 4.34 Å². The van der Waals surface area contributed by atoms with Gasteiger partial charge in [-0.2, -0.15) is 4.31 Å². The predicted molar refractivity (Wildman–Crippen MR) is 72.2 cm³/mol. The number of hydrogen-bond donors (Lipinski definition) is 1. The number of rotatable bonds is 4. The van der Waals surface area contributed by atoms with Crippen LogP contribution in [0.25, 0.3) is 0 Å². The molecular weight excluding hydrogens is 314 g/mol. The van der Waals surface area contributed by atoms with Crippen molar-refractivity contribution in [3.63, 3.8) is 0 Å². The van der Waals surface area contributed by atoms with E-state index in [-0.39, 0.29) is 20.3 Å². The van der Waals surface area contributed by atoms with Gasteiger partial charge in [0.05, 0.1) is 4.92 Å². The molecule has 0 spiro atoms. The highest BCUT2D eigenvalue weighted by atomic mass is 35.5. The molecule has 0 radical (unpaired) electrons. The lowest BCUT2D eigenvalue weighted by Gasteiger charge is -2.14. The molecule has 1 fully saturated rings. The molecule has 1 aromatic heterocycles. The van der Waals surface area contributed by atoms with Gasteiger partial charge in [-0.1, -0.05) is 11.6 Å². The van der Waals surface area contributed by atoms with E-state index in [2.05, 4.69) is 5.32 Å². The van der Waals surface area contributed by atoms with Crippen molar-refractivity contribution in [2.75, 3.05) is 20.1 Å². The molecule has 1 aliphatic heterocycles. The van der Waals surface area contributed by atoms with Crippen LogP contribution in [0.3, 0.4) is 0 Å². The van der Waals surface area contributed by atoms with Crippen molar-refractivity contribution in [3.8, 4) is 0 Å². The molecule has 1 aliphatic rings. The Morgan fingerprint density at radius 3 is 2.79 bits per heavy atom. The number of nitro groups is 1. The van der Waals surface area contributed by atoms with Gasteiger partial charge in [-0.05, 0) is 13.5 Å². The molecule has 19 heavy (non-hydrogen) atoms. The lowest BCUT2D eigenvalue weighted by molar-refractivity contribution is -0.384. The van der Waals surface area contributed by atoms with Crippen molar-refractivity contribution in [3.05, 3.63) is 20.5 Å². The minimum absolute atomic E-state index is 0.0825. The number of nitrogens with one attached hydrogen (secondary N) is 1. The maximum atomic E-state index is 12.3. The van der Waals surface area contributed by atoms with Gasteiger partial charge in [-0.15, -0.1) is 11.3 Å². The molecule has 0 aliphatic carbocycles. The summed E-state index contributed by atoms with van der Waals surface area (Å²) in [4.78, 5) is 10.0. The third-order valence-electron chi connectivity index (χ3n) is 3.00. The number of nitrogens with zero attached hydrogens (tertiary/aromatic N) is 2. The average Bonchev–Trinajstić information content (AvgIpc) is 2.95. The first-order valence-corrected chi connectivity index (χ1v) is 8.11. The van der Waals surface area contributed by atoms with E-state index in [1.807, 2.05) is 0 Å². The summed E-state index contributed by atoms with van der Waals surface area (Å²) < 4.78 is 25.7. The molecule has 7 nitrogen and oxygen atoms in total. The lowest BCUT2D eigenvalue weighted by atomic mass is 10.3. The van der Waals surface area contributed by atoms with E-state index in [1.54, 1.807) is 7.05 Å². The number of thiophene rings is 1. The molecule has 1 saturated heterocycles. The number of likely N-dealkylation sites (N-methyl/N-ethyl adjacent to an activating group) is 1. The summed E-state index contributed by atoms with van der Waals surface area (Å²) in [7, 11) is -1.92. The fourth-order valence-corrected chi connectivity index (χ4v) is 5.22. The van der Waals surface area contributed by atoms with Gasteiger partial charge in [0, 0.05) is 25.2 Å². The monoisotopic (exact) mass is 325 g/mol. The summed E-state index contributed by atoms with van der Waals surface area (Å²) in [6.45, 7) is 0.763. The Morgan fingerprint density at radius 1 is 1.63 bits per heavy atom. The molecule has 0 amide bonds. The van der Waals surface area contributed by atoms with Crippen LogP contribution in [-0.2, 0) is 10.0 Å². The Balaban J connectivity index is 2.30. The van der Waals surface area contributed by atoms with Crippen LogP contribution in [0.5, 0.6) is 0 Å². The minimum atomic E-state index is -3.69. The van der Waals surface area contributed by atoms with Gasteiger partial charge in [0.2, 0.25) is 0 Å². The van der Waals surface area contributed by atoms with Crippen LogP contribution in [0.15, 0.2) is 10.3 Å². The minimum Gasteiger partial charge on any atom is -0.316 e. The number of sulfonamides is 1. The van der Waals surface area contributed by atoms with Crippen LogP contribution < -0.4 is 5.32 Å². The first-order valence-electron chi connectivity index (χ1n) is 5.47. The lowest BCUT2D eigenvalue weighted by Crippen LogP contribution is -2.33. The van der Waals surface area contributed by atoms with Gasteiger partial charge in [-0.25, -0.2) is 8.42 Å². The second-order valence-corrected chi connectivity index (χ2v) is 7.94. The Bertz CT molecular complexity index is 601. The normalized spacial score (nSPS) is 20.8. The van der Waals surface area contributed by atoms with Gasteiger partial charge in [0.25, 0.3) is 15.7 Å². The van der Waals surface area contributed by atoms with Crippen molar-refractivity contribution in [2.24, 2.45) is 0 Å². The summed E-state index contributed by atoms with van der Waals surface area (Å²) in [6, 6.07) is 1.13. The fraction of sp³-hybridized carbons (Fsp3) is 0.556. The third kappa shape index (κ3) is 2.75. The molecule has 10 heteroatoms. The molecule has 106 valence electrons. The quantitative estimate of drug-likeness (QED) is 0.665. The largest absolute Gasteiger partial charge is 0.316 e. The zero-order valence-corrected chi connectivity index (χ0v) is 12.4. The zero-order chi connectivity index (χ0) is 14.2. The van der Waals surface area contributed by atoms with E-state index in [0.29, 0.717) is 13.1 Å². The van der Waals surface area contributed by atoms with Crippen LogP contribution in [0.1, 0.15) is 6.42 Å². The van der Waals surface area contributed by atoms with Crippen LogP contribution in [0.4, 0.5) is 5.69 Å². The molecule has 2 heterocycles. The summed E-state index contributed by atoms with van der Waals surface area (Å²) in [5.74, 6) is 0. The Kier molecular flexibility index (Phi) is 4.11. The SMILES string of the molecule is CNC1CCN(S(=O)(=O)c2cc([N+](=O)[O-])c(Cl)s2)C1. The molecule has 2 rings (SSSR count). The Morgan fingerprint density at radius 2 is 2.32 bits per heavy atom. The van der Waals surface area contributed by atoms with Crippen LogP contribution >= 0.6 is 22.9 Å². The van der Waals surface area contributed by atoms with Gasteiger partial charge in [-0.3, -0.25) is 10.1 Å². The van der Waals surface area contributed by atoms with E-state index in [1.165, 1.54) is 4.31 Å². The highest BCUT2D eigenvalue weighted by Crippen LogP contribution is 2.38. The van der Waals surface area contributed by atoms with Crippen LogP contribution in [-0.4, -0.2) is 43.8 Å².